The van der Waals surface area contributed by atoms with E-state index in [0.29, 0.717) is 11.1 Å². The van der Waals surface area contributed by atoms with Crippen molar-refractivity contribution < 1.29 is 9.13 Å². The van der Waals surface area contributed by atoms with E-state index in [1.165, 1.54) is 11.6 Å². The summed E-state index contributed by atoms with van der Waals surface area (Å²) in [4.78, 5) is 0. The molecule has 0 saturated heterocycles. The fourth-order valence-electron chi connectivity index (χ4n) is 1.83. The second-order valence-corrected chi connectivity index (χ2v) is 6.29. The van der Waals surface area contributed by atoms with Crippen molar-refractivity contribution in [3.63, 3.8) is 0 Å². The predicted molar refractivity (Wildman–Crippen MR) is 90.0 cm³/mol. The van der Waals surface area contributed by atoms with Crippen LogP contribution >= 0.6 is 31.9 Å². The summed E-state index contributed by atoms with van der Waals surface area (Å²) in [5.41, 5.74) is 2.10. The van der Waals surface area contributed by atoms with Crippen molar-refractivity contribution in [2.45, 2.75) is 20.1 Å². The SMILES string of the molecule is CCNCc1ccc(OCc2ccc(F)c(Br)c2)c(Br)c1. The Morgan fingerprint density at radius 3 is 2.43 bits per heavy atom. The van der Waals surface area contributed by atoms with Gasteiger partial charge in [-0.15, -0.1) is 0 Å². The number of rotatable bonds is 6. The second-order valence-electron chi connectivity index (χ2n) is 4.58. The third-order valence-corrected chi connectivity index (χ3v) is 4.18. The fraction of sp³-hybridized carbons (Fsp3) is 0.250. The Labute approximate surface area is 141 Å². The third kappa shape index (κ3) is 4.80. The van der Waals surface area contributed by atoms with Gasteiger partial charge in [-0.05, 0) is 73.8 Å². The lowest BCUT2D eigenvalue weighted by Crippen LogP contribution is -2.11. The summed E-state index contributed by atoms with van der Waals surface area (Å²) in [5.74, 6) is 0.503. The second kappa shape index (κ2) is 7.92. The highest BCUT2D eigenvalue weighted by Crippen LogP contribution is 2.27. The summed E-state index contributed by atoms with van der Waals surface area (Å²) in [6, 6.07) is 10.9. The molecule has 0 fully saturated rings. The number of halogens is 3. The van der Waals surface area contributed by atoms with Crippen LogP contribution in [0.3, 0.4) is 0 Å². The summed E-state index contributed by atoms with van der Waals surface area (Å²) >= 11 is 6.69. The van der Waals surface area contributed by atoms with Crippen molar-refractivity contribution in [1.29, 1.82) is 0 Å². The van der Waals surface area contributed by atoms with Crippen LogP contribution in [-0.4, -0.2) is 6.54 Å². The Bertz CT molecular complexity index is 619. The first kappa shape index (κ1) is 16.5. The van der Waals surface area contributed by atoms with Crippen molar-refractivity contribution in [3.8, 4) is 5.75 Å². The molecule has 0 aliphatic carbocycles. The van der Waals surface area contributed by atoms with Gasteiger partial charge in [-0.3, -0.25) is 0 Å². The number of hydrogen-bond acceptors (Lipinski definition) is 2. The quantitative estimate of drug-likeness (QED) is 0.712. The van der Waals surface area contributed by atoms with Gasteiger partial charge in [0.15, 0.2) is 0 Å². The van der Waals surface area contributed by atoms with Gasteiger partial charge in [0.25, 0.3) is 0 Å². The molecular weight excluding hydrogens is 401 g/mol. The molecule has 0 heterocycles. The lowest BCUT2D eigenvalue weighted by atomic mass is 10.2. The normalized spacial score (nSPS) is 10.7. The van der Waals surface area contributed by atoms with Crippen molar-refractivity contribution in [3.05, 3.63) is 62.3 Å². The summed E-state index contributed by atoms with van der Waals surface area (Å²) < 4.78 is 20.3. The van der Waals surface area contributed by atoms with Crippen LogP contribution in [0.2, 0.25) is 0 Å². The van der Waals surface area contributed by atoms with E-state index in [2.05, 4.69) is 44.1 Å². The zero-order valence-corrected chi connectivity index (χ0v) is 14.8. The molecule has 0 aromatic heterocycles. The van der Waals surface area contributed by atoms with Crippen LogP contribution in [0, 0.1) is 5.82 Å². The maximum atomic E-state index is 13.2. The molecule has 1 N–H and O–H groups in total. The summed E-state index contributed by atoms with van der Waals surface area (Å²) in [5, 5.41) is 3.28. The third-order valence-electron chi connectivity index (χ3n) is 2.95. The standard InChI is InChI=1S/C16H16Br2FNO/c1-2-20-9-11-4-6-16(14(18)7-11)21-10-12-3-5-15(19)13(17)8-12/h3-8,20H,2,9-10H2,1H3. The van der Waals surface area contributed by atoms with Crippen LogP contribution in [0.1, 0.15) is 18.1 Å². The predicted octanol–water partition coefficient (Wildman–Crippen LogP) is 5.04. The highest BCUT2D eigenvalue weighted by Gasteiger charge is 2.05. The van der Waals surface area contributed by atoms with Crippen LogP contribution in [-0.2, 0) is 13.2 Å². The zero-order chi connectivity index (χ0) is 15.2. The van der Waals surface area contributed by atoms with Crippen molar-refractivity contribution in [2.24, 2.45) is 0 Å². The lowest BCUT2D eigenvalue weighted by Gasteiger charge is -2.10. The van der Waals surface area contributed by atoms with Crippen molar-refractivity contribution in [2.75, 3.05) is 6.54 Å². The first-order valence-corrected chi connectivity index (χ1v) is 8.24. The van der Waals surface area contributed by atoms with Gasteiger partial charge in [0.1, 0.15) is 18.2 Å². The topological polar surface area (TPSA) is 21.3 Å². The van der Waals surface area contributed by atoms with Gasteiger partial charge in [0.2, 0.25) is 0 Å². The minimum Gasteiger partial charge on any atom is -0.488 e. The van der Waals surface area contributed by atoms with E-state index in [1.54, 1.807) is 12.1 Å². The van der Waals surface area contributed by atoms with E-state index >= 15 is 0 Å². The Hall–Kier alpha value is -0.910. The van der Waals surface area contributed by atoms with Crippen LogP contribution < -0.4 is 10.1 Å². The van der Waals surface area contributed by atoms with Gasteiger partial charge in [-0.1, -0.05) is 19.1 Å². The minimum atomic E-state index is -0.271. The highest BCUT2D eigenvalue weighted by atomic mass is 79.9. The summed E-state index contributed by atoms with van der Waals surface area (Å²) in [7, 11) is 0. The molecule has 5 heteroatoms. The molecule has 112 valence electrons. The molecule has 0 aliphatic rings. The molecule has 0 aliphatic heterocycles. The van der Waals surface area contributed by atoms with Crippen molar-refractivity contribution >= 4 is 31.9 Å². The molecule has 21 heavy (non-hydrogen) atoms. The molecule has 0 atom stereocenters. The van der Waals surface area contributed by atoms with E-state index < -0.39 is 0 Å². The van der Waals surface area contributed by atoms with Crippen LogP contribution in [0.4, 0.5) is 4.39 Å². The Morgan fingerprint density at radius 1 is 1.05 bits per heavy atom. The van der Waals surface area contributed by atoms with Gasteiger partial charge in [-0.25, -0.2) is 4.39 Å². The molecule has 0 unspecified atom stereocenters. The Kier molecular flexibility index (Phi) is 6.21. The molecule has 2 nitrogen and oxygen atoms in total. The van der Waals surface area contributed by atoms with Crippen LogP contribution in [0.5, 0.6) is 5.75 Å². The van der Waals surface area contributed by atoms with E-state index in [-0.39, 0.29) is 5.82 Å². The molecule has 2 aromatic rings. The molecule has 0 amide bonds. The van der Waals surface area contributed by atoms with Crippen molar-refractivity contribution in [1.82, 2.24) is 5.32 Å². The van der Waals surface area contributed by atoms with E-state index in [0.717, 1.165) is 28.9 Å². The molecule has 2 rings (SSSR count). The zero-order valence-electron chi connectivity index (χ0n) is 11.6. The summed E-state index contributed by atoms with van der Waals surface area (Å²) in [6.07, 6.45) is 0. The average Bonchev–Trinajstić information content (AvgIpc) is 2.47. The number of ether oxygens (including phenoxy) is 1. The number of hydrogen-bond donors (Lipinski definition) is 1. The maximum Gasteiger partial charge on any atom is 0.137 e. The monoisotopic (exact) mass is 415 g/mol. The number of benzene rings is 2. The molecule has 0 radical (unpaired) electrons. The highest BCUT2D eigenvalue weighted by molar-refractivity contribution is 9.10. The first-order valence-electron chi connectivity index (χ1n) is 6.66. The van der Waals surface area contributed by atoms with Gasteiger partial charge >= 0.3 is 0 Å². The van der Waals surface area contributed by atoms with Gasteiger partial charge in [0, 0.05) is 6.54 Å². The van der Waals surface area contributed by atoms with E-state index in [4.69, 9.17) is 4.74 Å². The van der Waals surface area contributed by atoms with Crippen LogP contribution in [0.15, 0.2) is 45.3 Å². The van der Waals surface area contributed by atoms with Gasteiger partial charge < -0.3 is 10.1 Å². The number of nitrogens with one attached hydrogen (secondary N) is 1. The Balaban J connectivity index is 2.01. The largest absolute Gasteiger partial charge is 0.488 e. The molecule has 0 saturated carbocycles. The van der Waals surface area contributed by atoms with E-state index in [1.807, 2.05) is 18.2 Å². The van der Waals surface area contributed by atoms with E-state index in [9.17, 15) is 4.39 Å². The van der Waals surface area contributed by atoms with Gasteiger partial charge in [-0.2, -0.15) is 0 Å². The first-order chi connectivity index (χ1) is 10.1. The lowest BCUT2D eigenvalue weighted by molar-refractivity contribution is 0.304. The maximum absolute atomic E-state index is 13.2. The molecular formula is C16H16Br2FNO. The van der Waals surface area contributed by atoms with Crippen LogP contribution in [0.25, 0.3) is 0 Å². The Morgan fingerprint density at radius 2 is 1.76 bits per heavy atom. The average molecular weight is 417 g/mol. The van der Waals surface area contributed by atoms with Gasteiger partial charge in [0.05, 0.1) is 8.95 Å². The minimum absolute atomic E-state index is 0.271. The summed E-state index contributed by atoms with van der Waals surface area (Å²) in [6.45, 7) is 4.24. The fourth-order valence-corrected chi connectivity index (χ4v) is 2.80. The molecule has 0 spiro atoms. The smallest absolute Gasteiger partial charge is 0.137 e. The molecule has 2 aromatic carbocycles. The molecule has 0 bridgehead atoms.